The molecule has 1 N–H and O–H groups in total. The van der Waals surface area contributed by atoms with Gasteiger partial charge in [0.15, 0.2) is 0 Å². The van der Waals surface area contributed by atoms with Gasteiger partial charge in [-0.25, -0.2) is 9.55 Å². The molecule has 0 atom stereocenters. The van der Waals surface area contributed by atoms with Gasteiger partial charge in [-0.1, -0.05) is 53.5 Å². The number of carbonyl (C=O) groups is 1. The van der Waals surface area contributed by atoms with Crippen LogP contribution in [0.15, 0.2) is 71.5 Å². The summed E-state index contributed by atoms with van der Waals surface area (Å²) in [5.41, 5.74) is 2.76. The fraction of sp³-hybridized carbons (Fsp3) is 0.207. The zero-order valence-corrected chi connectivity index (χ0v) is 22.9. The van der Waals surface area contributed by atoms with Crippen LogP contribution in [0, 0.1) is 0 Å². The number of nitrogens with zero attached hydrogens (tertiary/aromatic N) is 3. The summed E-state index contributed by atoms with van der Waals surface area (Å²) in [5, 5.41) is 4.00. The number of methoxy groups -OCH3 is 2. The predicted octanol–water partition coefficient (Wildman–Crippen LogP) is 5.37. The second-order valence-electron chi connectivity index (χ2n) is 8.94. The van der Waals surface area contributed by atoms with Crippen molar-refractivity contribution < 1.29 is 14.3 Å². The lowest BCUT2D eigenvalue weighted by molar-refractivity contribution is 0.0731. The van der Waals surface area contributed by atoms with Gasteiger partial charge >= 0.3 is 0 Å². The van der Waals surface area contributed by atoms with E-state index in [-0.39, 0.29) is 18.0 Å². The molecule has 0 saturated heterocycles. The van der Waals surface area contributed by atoms with Gasteiger partial charge in [-0.3, -0.25) is 9.59 Å². The molecule has 0 saturated carbocycles. The van der Waals surface area contributed by atoms with Crippen LogP contribution in [-0.4, -0.2) is 41.1 Å². The molecule has 0 unspecified atom stereocenters. The molecule has 2 heterocycles. The molecule has 1 aliphatic rings. The maximum Gasteiger partial charge on any atom is 0.263 e. The number of aromatic nitrogens is 2. The second kappa shape index (κ2) is 11.4. The maximum atomic E-state index is 13.9. The van der Waals surface area contributed by atoms with Crippen molar-refractivity contribution in [1.82, 2.24) is 14.5 Å². The topological polar surface area (TPSA) is 85.7 Å². The average molecular weight is 565 g/mol. The predicted molar refractivity (Wildman–Crippen MR) is 152 cm³/mol. The van der Waals surface area contributed by atoms with E-state index in [0.717, 1.165) is 5.56 Å². The van der Waals surface area contributed by atoms with Gasteiger partial charge in [0.1, 0.15) is 11.5 Å². The van der Waals surface area contributed by atoms with Crippen LogP contribution in [0.4, 0.5) is 5.95 Å². The van der Waals surface area contributed by atoms with Crippen LogP contribution in [-0.2, 0) is 19.5 Å². The Morgan fingerprint density at radius 2 is 1.69 bits per heavy atom. The van der Waals surface area contributed by atoms with Crippen LogP contribution in [0.1, 0.15) is 27.2 Å². The molecule has 8 nitrogen and oxygen atoms in total. The van der Waals surface area contributed by atoms with E-state index in [4.69, 9.17) is 37.7 Å². The number of halogens is 2. The Bertz CT molecular complexity index is 1600. The molecular formula is C29H26Cl2N4O4. The second-order valence-corrected chi connectivity index (χ2v) is 9.76. The van der Waals surface area contributed by atoms with Gasteiger partial charge in [-0.2, -0.15) is 0 Å². The number of anilines is 1. The zero-order chi connectivity index (χ0) is 27.5. The highest BCUT2D eigenvalue weighted by Crippen LogP contribution is 2.28. The van der Waals surface area contributed by atoms with Gasteiger partial charge in [0.05, 0.1) is 42.2 Å². The molecule has 0 fully saturated rings. The molecule has 1 aromatic heterocycles. The monoisotopic (exact) mass is 564 g/mol. The quantitative estimate of drug-likeness (QED) is 0.325. The summed E-state index contributed by atoms with van der Waals surface area (Å²) >= 11 is 12.2. The highest BCUT2D eigenvalue weighted by Gasteiger charge is 2.28. The molecule has 4 aromatic rings. The van der Waals surface area contributed by atoms with E-state index >= 15 is 0 Å². The molecule has 5 rings (SSSR count). The third-order valence-corrected chi connectivity index (χ3v) is 7.38. The molecule has 0 bridgehead atoms. The third-order valence-electron chi connectivity index (χ3n) is 6.64. The summed E-state index contributed by atoms with van der Waals surface area (Å²) in [6.07, 6.45) is 0.357. The normalized spacial score (nSPS) is 12.6. The Balaban J connectivity index is 1.55. The smallest absolute Gasteiger partial charge is 0.263 e. The number of nitrogens with one attached hydrogen (secondary N) is 1. The van der Waals surface area contributed by atoms with Crippen LogP contribution in [0.2, 0.25) is 10.0 Å². The molecule has 3 aromatic carbocycles. The van der Waals surface area contributed by atoms with Crippen molar-refractivity contribution in [1.29, 1.82) is 0 Å². The molecular weight excluding hydrogens is 539 g/mol. The van der Waals surface area contributed by atoms with Crippen molar-refractivity contribution >= 4 is 35.1 Å². The number of ether oxygens (including phenoxy) is 2. The summed E-state index contributed by atoms with van der Waals surface area (Å²) in [6, 6.07) is 19.7. The van der Waals surface area contributed by atoms with Crippen LogP contribution in [0.3, 0.4) is 0 Å². The summed E-state index contributed by atoms with van der Waals surface area (Å²) in [6.45, 7) is 0.902. The first-order valence-corrected chi connectivity index (χ1v) is 13.0. The minimum Gasteiger partial charge on any atom is -0.496 e. The lowest BCUT2D eigenvalue weighted by Gasteiger charge is -2.29. The van der Waals surface area contributed by atoms with E-state index in [1.54, 1.807) is 43.4 Å². The molecule has 200 valence electrons. The lowest BCUT2D eigenvalue weighted by atomic mass is 10.0. The van der Waals surface area contributed by atoms with Crippen LogP contribution in [0.25, 0.3) is 5.69 Å². The largest absolute Gasteiger partial charge is 0.496 e. The zero-order valence-electron chi connectivity index (χ0n) is 21.4. The van der Waals surface area contributed by atoms with Gasteiger partial charge in [-0.05, 0) is 42.8 Å². The minimum atomic E-state index is -0.214. The Kier molecular flexibility index (Phi) is 7.77. The first-order valence-electron chi connectivity index (χ1n) is 12.3. The molecule has 39 heavy (non-hydrogen) atoms. The molecule has 0 aliphatic carbocycles. The van der Waals surface area contributed by atoms with Crippen molar-refractivity contribution in [2.24, 2.45) is 0 Å². The molecule has 0 spiro atoms. The standard InChI is InChI=1S/C29H26Cl2N4O4/c1-38-25-9-5-3-7-19(25)16-32-29-33-23-17-34(27(36)18-11-12-21(30)22(31)15-18)14-13-20(23)28(37)35(29)24-8-4-6-10-26(24)39-2/h3-12,15H,13-14,16-17H2,1-2H3,(H,32,33). The van der Waals surface area contributed by atoms with Gasteiger partial charge < -0.3 is 19.7 Å². The highest BCUT2D eigenvalue weighted by molar-refractivity contribution is 6.42. The van der Waals surface area contributed by atoms with Crippen molar-refractivity contribution in [3.63, 3.8) is 0 Å². The van der Waals surface area contributed by atoms with Crippen molar-refractivity contribution in [2.45, 2.75) is 19.5 Å². The van der Waals surface area contributed by atoms with E-state index in [9.17, 15) is 9.59 Å². The first-order chi connectivity index (χ1) is 18.9. The maximum absolute atomic E-state index is 13.9. The Morgan fingerprint density at radius 3 is 2.44 bits per heavy atom. The van der Waals surface area contributed by atoms with Gasteiger partial charge in [0.2, 0.25) is 5.95 Å². The van der Waals surface area contributed by atoms with Crippen molar-refractivity contribution in [3.05, 3.63) is 110 Å². The Hall–Kier alpha value is -4.01. The number of benzene rings is 3. The summed E-state index contributed by atoms with van der Waals surface area (Å²) in [5.74, 6) is 1.37. The number of rotatable bonds is 7. The lowest BCUT2D eigenvalue weighted by Crippen LogP contribution is -2.41. The molecule has 0 radical (unpaired) electrons. The Labute approximate surface area is 235 Å². The summed E-state index contributed by atoms with van der Waals surface area (Å²) < 4.78 is 12.6. The van der Waals surface area contributed by atoms with Gasteiger partial charge in [0.25, 0.3) is 11.5 Å². The fourth-order valence-electron chi connectivity index (χ4n) is 4.65. The number of hydrogen-bond donors (Lipinski definition) is 1. The summed E-state index contributed by atoms with van der Waals surface area (Å²) in [7, 11) is 3.17. The third kappa shape index (κ3) is 5.30. The van der Waals surface area contributed by atoms with Gasteiger partial charge in [0, 0.05) is 29.8 Å². The molecule has 1 aliphatic heterocycles. The Morgan fingerprint density at radius 1 is 0.974 bits per heavy atom. The number of hydrogen-bond acceptors (Lipinski definition) is 6. The van der Waals surface area contributed by atoms with E-state index in [1.165, 1.54) is 4.57 Å². The van der Waals surface area contributed by atoms with E-state index in [1.807, 2.05) is 42.5 Å². The molecule has 1 amide bonds. The van der Waals surface area contributed by atoms with Crippen molar-refractivity contribution in [2.75, 3.05) is 26.1 Å². The van der Waals surface area contributed by atoms with Crippen LogP contribution in [0.5, 0.6) is 11.5 Å². The van der Waals surface area contributed by atoms with Crippen molar-refractivity contribution in [3.8, 4) is 17.2 Å². The highest BCUT2D eigenvalue weighted by atomic mass is 35.5. The molecule has 10 heteroatoms. The van der Waals surface area contributed by atoms with E-state index in [2.05, 4.69) is 5.32 Å². The number of para-hydroxylation sites is 3. The number of amides is 1. The van der Waals surface area contributed by atoms with Gasteiger partial charge in [-0.15, -0.1) is 0 Å². The van der Waals surface area contributed by atoms with E-state index in [0.29, 0.717) is 69.5 Å². The average Bonchev–Trinajstić information content (AvgIpc) is 2.97. The fourth-order valence-corrected chi connectivity index (χ4v) is 4.95. The number of fused-ring (bicyclic) bond motifs is 1. The van der Waals surface area contributed by atoms with E-state index < -0.39 is 0 Å². The number of carbonyl (C=O) groups excluding carboxylic acids is 1. The van der Waals surface area contributed by atoms with Crippen LogP contribution < -0.4 is 20.3 Å². The minimum absolute atomic E-state index is 0.180. The summed E-state index contributed by atoms with van der Waals surface area (Å²) in [4.78, 5) is 33.7. The van der Waals surface area contributed by atoms with Crippen LogP contribution >= 0.6 is 23.2 Å². The SMILES string of the molecule is COc1ccccc1CNc1nc2c(c(=O)n1-c1ccccc1OC)CCN(C(=O)c1ccc(Cl)c(Cl)c1)C2. The first kappa shape index (κ1) is 26.6.